The van der Waals surface area contributed by atoms with Crippen LogP contribution in [0.25, 0.3) is 0 Å². The smallest absolute Gasteiger partial charge is 0.317 e. The Bertz CT molecular complexity index is 167. The van der Waals surface area contributed by atoms with E-state index in [1.54, 1.807) is 0 Å². The predicted octanol–water partition coefficient (Wildman–Crippen LogP) is -2.27. The molecule has 0 bridgehead atoms. The highest BCUT2D eigenvalue weighted by Gasteiger charge is 1.97. The number of hydrogen-bond donors (Lipinski definition) is 5. The summed E-state index contributed by atoms with van der Waals surface area (Å²) in [4.78, 5) is 19.5. The second kappa shape index (κ2) is 13.8. The zero-order valence-corrected chi connectivity index (χ0v) is 8.76. The fourth-order valence-corrected chi connectivity index (χ4v) is 0.508. The van der Waals surface area contributed by atoms with Gasteiger partial charge in [-0.15, -0.1) is 0 Å². The van der Waals surface area contributed by atoms with Gasteiger partial charge in [0.25, 0.3) is 0 Å². The van der Waals surface area contributed by atoms with Crippen molar-refractivity contribution < 1.29 is 34.8 Å². The Hall–Kier alpha value is -1.22. The minimum Gasteiger partial charge on any atom is -0.480 e. The number of nitrogens with one attached hydrogen (secondary N) is 1. The van der Waals surface area contributed by atoms with Crippen molar-refractivity contribution in [2.24, 2.45) is 0 Å². The molecule has 16 heavy (non-hydrogen) atoms. The molecule has 0 fully saturated rings. The molecule has 0 aliphatic rings. The fraction of sp³-hybridized carbons (Fsp3) is 0.750. The van der Waals surface area contributed by atoms with Gasteiger partial charge in [0.1, 0.15) is 0 Å². The zero-order chi connectivity index (χ0) is 12.8. The van der Waals surface area contributed by atoms with Crippen molar-refractivity contribution in [2.45, 2.75) is 0 Å². The SMILES string of the molecule is O=C(O)CNCC(=O)O.OCCOCCO. The van der Waals surface area contributed by atoms with E-state index in [0.29, 0.717) is 13.2 Å². The van der Waals surface area contributed by atoms with E-state index in [-0.39, 0.29) is 26.3 Å². The average Bonchev–Trinajstić information content (AvgIpc) is 2.18. The Morgan fingerprint density at radius 2 is 1.31 bits per heavy atom. The summed E-state index contributed by atoms with van der Waals surface area (Å²) in [6, 6.07) is 0. The fourth-order valence-electron chi connectivity index (χ4n) is 0.508. The van der Waals surface area contributed by atoms with Gasteiger partial charge in [0.05, 0.1) is 39.5 Å². The van der Waals surface area contributed by atoms with Crippen molar-refractivity contribution in [3.63, 3.8) is 0 Å². The number of rotatable bonds is 8. The van der Waals surface area contributed by atoms with Gasteiger partial charge in [0.2, 0.25) is 0 Å². The summed E-state index contributed by atoms with van der Waals surface area (Å²) < 4.78 is 4.63. The first-order chi connectivity index (χ1) is 7.54. The van der Waals surface area contributed by atoms with Crippen LogP contribution in [0.5, 0.6) is 0 Å². The third-order valence-corrected chi connectivity index (χ3v) is 1.02. The molecule has 5 N–H and O–H groups in total. The summed E-state index contributed by atoms with van der Waals surface area (Å²) in [6.45, 7) is 0.0692. The molecule has 0 atom stereocenters. The number of ether oxygens (including phenoxy) is 1. The van der Waals surface area contributed by atoms with Crippen LogP contribution in [0.3, 0.4) is 0 Å². The van der Waals surface area contributed by atoms with Crippen LogP contribution in [-0.2, 0) is 14.3 Å². The summed E-state index contributed by atoms with van der Waals surface area (Å²) in [5, 5.41) is 34.3. The average molecular weight is 239 g/mol. The molecule has 0 aromatic carbocycles. The minimum absolute atomic E-state index is 0.0278. The lowest BCUT2D eigenvalue weighted by molar-refractivity contribution is -0.137. The number of aliphatic hydroxyl groups excluding tert-OH is 2. The molecule has 0 saturated heterocycles. The van der Waals surface area contributed by atoms with E-state index in [2.05, 4.69) is 10.1 Å². The maximum absolute atomic E-state index is 9.73. The van der Waals surface area contributed by atoms with Crippen molar-refractivity contribution >= 4 is 11.9 Å². The second-order valence-corrected chi connectivity index (χ2v) is 2.45. The number of hydrogen-bond acceptors (Lipinski definition) is 6. The van der Waals surface area contributed by atoms with Gasteiger partial charge in [-0.2, -0.15) is 0 Å². The molecule has 0 radical (unpaired) electrons. The Kier molecular flexibility index (Phi) is 14.8. The minimum atomic E-state index is -1.06. The summed E-state index contributed by atoms with van der Waals surface area (Å²) in [6.07, 6.45) is 0. The topological polar surface area (TPSA) is 136 Å². The number of carboxylic acid groups (broad SMARTS) is 2. The van der Waals surface area contributed by atoms with Crippen LogP contribution in [0.2, 0.25) is 0 Å². The van der Waals surface area contributed by atoms with E-state index >= 15 is 0 Å². The van der Waals surface area contributed by atoms with Crippen molar-refractivity contribution in [1.29, 1.82) is 0 Å². The van der Waals surface area contributed by atoms with Gasteiger partial charge in [0, 0.05) is 0 Å². The Labute approximate surface area is 92.5 Å². The first-order valence-electron chi connectivity index (χ1n) is 4.48. The number of aliphatic carboxylic acids is 2. The normalized spacial score (nSPS) is 9.12. The van der Waals surface area contributed by atoms with Crippen molar-refractivity contribution in [1.82, 2.24) is 5.32 Å². The van der Waals surface area contributed by atoms with Gasteiger partial charge in [0.15, 0.2) is 0 Å². The van der Waals surface area contributed by atoms with E-state index in [1.165, 1.54) is 0 Å². The Balaban J connectivity index is 0. The molecular weight excluding hydrogens is 222 g/mol. The molecule has 8 heteroatoms. The Morgan fingerprint density at radius 1 is 0.938 bits per heavy atom. The van der Waals surface area contributed by atoms with Crippen molar-refractivity contribution in [3.8, 4) is 0 Å². The molecule has 0 aliphatic heterocycles. The molecule has 8 nitrogen and oxygen atoms in total. The third-order valence-electron chi connectivity index (χ3n) is 1.02. The number of carboxylic acids is 2. The molecule has 0 amide bonds. The van der Waals surface area contributed by atoms with Crippen LogP contribution >= 0.6 is 0 Å². The molecule has 0 aromatic heterocycles. The number of aliphatic hydroxyl groups is 2. The first kappa shape index (κ1) is 17.2. The zero-order valence-electron chi connectivity index (χ0n) is 8.76. The summed E-state index contributed by atoms with van der Waals surface area (Å²) >= 11 is 0. The molecule has 0 unspecified atom stereocenters. The summed E-state index contributed by atoms with van der Waals surface area (Å²) in [5.41, 5.74) is 0. The largest absolute Gasteiger partial charge is 0.480 e. The Morgan fingerprint density at radius 3 is 1.56 bits per heavy atom. The van der Waals surface area contributed by atoms with Crippen LogP contribution in [-0.4, -0.2) is 71.9 Å². The van der Waals surface area contributed by atoms with Crippen LogP contribution in [0.4, 0.5) is 0 Å². The monoisotopic (exact) mass is 239 g/mol. The molecular formula is C8H17NO7. The van der Waals surface area contributed by atoms with Gasteiger partial charge in [-0.25, -0.2) is 0 Å². The highest BCUT2D eigenvalue weighted by Crippen LogP contribution is 1.68. The lowest BCUT2D eigenvalue weighted by Gasteiger charge is -1.94. The second-order valence-electron chi connectivity index (χ2n) is 2.45. The van der Waals surface area contributed by atoms with Crippen LogP contribution in [0.1, 0.15) is 0 Å². The van der Waals surface area contributed by atoms with E-state index in [4.69, 9.17) is 20.4 Å². The highest BCUT2D eigenvalue weighted by molar-refractivity contribution is 5.72. The van der Waals surface area contributed by atoms with E-state index < -0.39 is 11.9 Å². The highest BCUT2D eigenvalue weighted by atomic mass is 16.5. The molecule has 0 aliphatic carbocycles. The molecule has 0 heterocycles. The van der Waals surface area contributed by atoms with Gasteiger partial charge in [-0.05, 0) is 0 Å². The van der Waals surface area contributed by atoms with Crippen LogP contribution in [0.15, 0.2) is 0 Å². The first-order valence-corrected chi connectivity index (χ1v) is 4.48. The molecule has 0 spiro atoms. The van der Waals surface area contributed by atoms with Crippen LogP contribution in [0, 0.1) is 0 Å². The van der Waals surface area contributed by atoms with Gasteiger partial charge in [-0.1, -0.05) is 0 Å². The molecule has 0 rings (SSSR count). The molecule has 0 saturated carbocycles. The molecule has 0 aromatic rings. The van der Waals surface area contributed by atoms with Crippen LogP contribution < -0.4 is 5.32 Å². The predicted molar refractivity (Wildman–Crippen MR) is 53.1 cm³/mol. The van der Waals surface area contributed by atoms with E-state index in [0.717, 1.165) is 0 Å². The quantitative estimate of drug-likeness (QED) is 0.299. The summed E-state index contributed by atoms with van der Waals surface area (Å²) in [5.74, 6) is -2.12. The maximum atomic E-state index is 9.73. The third kappa shape index (κ3) is 23.0. The van der Waals surface area contributed by atoms with Crippen molar-refractivity contribution in [3.05, 3.63) is 0 Å². The van der Waals surface area contributed by atoms with Gasteiger partial charge >= 0.3 is 11.9 Å². The molecule has 96 valence electrons. The lowest BCUT2D eigenvalue weighted by atomic mass is 10.6. The van der Waals surface area contributed by atoms with E-state index in [9.17, 15) is 9.59 Å². The standard InChI is InChI=1S/C4H7NO4.C4H10O3/c6-3(7)1-5-2-4(8)9;5-1-3-7-4-2-6/h5H,1-2H2,(H,6,7)(H,8,9);5-6H,1-4H2. The van der Waals surface area contributed by atoms with Gasteiger partial charge < -0.3 is 25.2 Å². The van der Waals surface area contributed by atoms with Gasteiger partial charge in [-0.3, -0.25) is 14.9 Å². The maximum Gasteiger partial charge on any atom is 0.317 e. The summed E-state index contributed by atoms with van der Waals surface area (Å²) in [7, 11) is 0. The van der Waals surface area contributed by atoms with E-state index in [1.807, 2.05) is 0 Å². The number of carbonyl (C=O) groups is 2. The van der Waals surface area contributed by atoms with Crippen molar-refractivity contribution in [2.75, 3.05) is 39.5 Å². The lowest BCUT2D eigenvalue weighted by Crippen LogP contribution is -2.27.